The van der Waals surface area contributed by atoms with E-state index in [0.29, 0.717) is 0 Å². The van der Waals surface area contributed by atoms with Crippen LogP contribution in [0.15, 0.2) is 0 Å². The molecule has 32 valence electrons. The van der Waals surface area contributed by atoms with Crippen molar-refractivity contribution in [1.82, 2.24) is 0 Å². The van der Waals surface area contributed by atoms with E-state index in [9.17, 15) is 0 Å². The van der Waals surface area contributed by atoms with Gasteiger partial charge in [-0.15, -0.1) is 0 Å². The average molecular weight is 165 g/mol. The van der Waals surface area contributed by atoms with Crippen LogP contribution < -0.4 is 8.27 Å². The summed E-state index contributed by atoms with van der Waals surface area (Å²) in [5.41, 5.74) is 0. The van der Waals surface area contributed by atoms with E-state index in [1.54, 1.807) is 0 Å². The fourth-order valence-corrected chi connectivity index (χ4v) is 0. The molecule has 0 bridgehead atoms. The molecule has 6 heteroatoms. The van der Waals surface area contributed by atoms with E-state index in [1.165, 1.54) is 0 Å². The molecule has 3 nitrogen and oxygen atoms in total. The van der Waals surface area contributed by atoms with Crippen molar-refractivity contribution in [1.29, 1.82) is 0 Å². The molecule has 0 rings (SSSR count). The Hall–Kier alpha value is 0.639. The average Bonchev–Trinajstić information content (AvgIpc) is 0.811. The van der Waals surface area contributed by atoms with E-state index in [-0.39, 0.29) is 27.8 Å². The van der Waals surface area contributed by atoms with Crippen LogP contribution in [0, 0.1) is 0 Å². The van der Waals surface area contributed by atoms with Gasteiger partial charge in [0.1, 0.15) is 0 Å². The van der Waals surface area contributed by atoms with Gasteiger partial charge in [0.2, 0.25) is 0 Å². The molecular weight excluding hydrogens is 164 g/mol. The zero-order chi connectivity index (χ0) is 3.58. The van der Waals surface area contributed by atoms with Gasteiger partial charge in [0, 0.05) is 0 Å². The Kier molecular flexibility index (Phi) is 24.3. The third-order valence-corrected chi connectivity index (χ3v) is 0. The van der Waals surface area contributed by atoms with E-state index in [2.05, 4.69) is 0 Å². The van der Waals surface area contributed by atoms with Crippen LogP contribution in [-0.2, 0) is 3.78 Å². The third-order valence-electron chi connectivity index (χ3n) is 0. The molecule has 0 aliphatic rings. The fourth-order valence-electron chi connectivity index (χ4n) is 0. The molecule has 0 saturated heterocycles. The topological polar surface area (TPSA) is 63.2 Å². The van der Waals surface area contributed by atoms with Crippen LogP contribution in [-0.4, -0.2) is 38.0 Å². The van der Waals surface area contributed by atoms with Crippen LogP contribution in [0.4, 0.5) is 4.70 Å². The number of hydrogen-bond donors (Lipinski definition) is 0. The molecular formula is HFGeMgO3. The van der Waals surface area contributed by atoms with Crippen LogP contribution in [0.5, 0.6) is 0 Å². The monoisotopic (exact) mass is 166 g/mol. The summed E-state index contributed by atoms with van der Waals surface area (Å²) in [5, 5.41) is 0. The van der Waals surface area contributed by atoms with Crippen molar-refractivity contribution in [2.45, 2.75) is 0 Å². The van der Waals surface area contributed by atoms with Crippen molar-refractivity contribution in [2.75, 3.05) is 0 Å². The summed E-state index contributed by atoms with van der Waals surface area (Å²) in [6.07, 6.45) is 0. The maximum absolute atomic E-state index is 8.58. The first-order valence-corrected chi connectivity index (χ1v) is 3.18. The maximum atomic E-state index is 8.58. The SMILES string of the molecule is F.[Mg+2].[O]=[Ge]([O-])[O-]. The summed E-state index contributed by atoms with van der Waals surface area (Å²) in [4.78, 5) is 0. The molecule has 0 N–H and O–H groups in total. The second-order valence-electron chi connectivity index (χ2n) is 0.250. The molecule has 0 aromatic heterocycles. The summed E-state index contributed by atoms with van der Waals surface area (Å²) in [6.45, 7) is 0. The molecule has 0 heterocycles. The van der Waals surface area contributed by atoms with Gasteiger partial charge in [-0.25, -0.2) is 0 Å². The van der Waals surface area contributed by atoms with Crippen molar-refractivity contribution >= 4 is 38.0 Å². The summed E-state index contributed by atoms with van der Waals surface area (Å²) in [6, 6.07) is 0. The Morgan fingerprint density at radius 2 is 1.33 bits per heavy atom. The first-order valence-electron chi connectivity index (χ1n) is 0.612. The molecule has 0 saturated carbocycles. The predicted molar refractivity (Wildman–Crippen MR) is 14.7 cm³/mol. The molecule has 0 unspecified atom stereocenters. The molecule has 0 aromatic carbocycles. The molecule has 0 amide bonds. The Morgan fingerprint density at radius 1 is 1.33 bits per heavy atom. The normalized spacial score (nSPS) is 4.00. The van der Waals surface area contributed by atoms with Gasteiger partial charge in [-0.1, -0.05) is 0 Å². The molecule has 0 aliphatic carbocycles. The molecule has 0 aromatic rings. The molecule has 0 fully saturated rings. The van der Waals surface area contributed by atoms with Gasteiger partial charge in [-0.05, 0) is 0 Å². The minimum atomic E-state index is -4.08. The van der Waals surface area contributed by atoms with Gasteiger partial charge >= 0.3 is 50.1 Å². The zero-order valence-corrected chi connectivity index (χ0v) is 6.35. The van der Waals surface area contributed by atoms with Crippen LogP contribution in [0.3, 0.4) is 0 Å². The van der Waals surface area contributed by atoms with Crippen LogP contribution >= 0.6 is 0 Å². The molecule has 0 spiro atoms. The van der Waals surface area contributed by atoms with Crippen molar-refractivity contribution in [3.63, 3.8) is 0 Å². The van der Waals surface area contributed by atoms with E-state index < -0.39 is 15.0 Å². The zero-order valence-electron chi connectivity index (χ0n) is 2.84. The van der Waals surface area contributed by atoms with E-state index in [4.69, 9.17) is 12.0 Å². The van der Waals surface area contributed by atoms with E-state index in [0.717, 1.165) is 0 Å². The first-order chi connectivity index (χ1) is 1.73. The number of rotatable bonds is 0. The third kappa shape index (κ3) is 150. The van der Waals surface area contributed by atoms with E-state index in [1.807, 2.05) is 0 Å². The summed E-state index contributed by atoms with van der Waals surface area (Å²) in [7, 11) is 0. The Morgan fingerprint density at radius 3 is 1.33 bits per heavy atom. The van der Waals surface area contributed by atoms with Crippen LogP contribution in [0.1, 0.15) is 0 Å². The van der Waals surface area contributed by atoms with Crippen molar-refractivity contribution in [3.8, 4) is 0 Å². The summed E-state index contributed by atoms with van der Waals surface area (Å²) < 4.78 is 25.8. The minimum absolute atomic E-state index is 0. The Balaban J connectivity index is -0.0000000450. The fraction of sp³-hybridized carbons (Fsp3) is 0. The number of hydrogen-bond acceptors (Lipinski definition) is 3. The second kappa shape index (κ2) is 9.16. The molecule has 0 aliphatic heterocycles. The van der Waals surface area contributed by atoms with Gasteiger partial charge in [0.05, 0.1) is 0 Å². The first kappa shape index (κ1) is 15.9. The van der Waals surface area contributed by atoms with Crippen LogP contribution in [0.25, 0.3) is 0 Å². The summed E-state index contributed by atoms with van der Waals surface area (Å²) in [5.74, 6) is 0. The van der Waals surface area contributed by atoms with Crippen molar-refractivity contribution in [3.05, 3.63) is 0 Å². The predicted octanol–water partition coefficient (Wildman–Crippen LogP) is -3.11. The van der Waals surface area contributed by atoms with E-state index >= 15 is 0 Å². The van der Waals surface area contributed by atoms with Crippen LogP contribution in [0.2, 0.25) is 0 Å². The Bertz CT molecular complexity index is 33.8. The molecule has 0 radical (unpaired) electrons. The second-order valence-corrected chi connectivity index (χ2v) is 1.30. The Labute approximate surface area is 54.9 Å². The van der Waals surface area contributed by atoms with Gasteiger partial charge in [-0.3, -0.25) is 4.70 Å². The van der Waals surface area contributed by atoms with Gasteiger partial charge in [-0.2, -0.15) is 0 Å². The quantitative estimate of drug-likeness (QED) is 0.357. The molecule has 6 heavy (non-hydrogen) atoms. The standard InChI is InChI=1S/FH.GeO3.Mg/c;2-1(3)4;/h1H;;/q;-2;+2. The molecule has 0 atom stereocenters. The van der Waals surface area contributed by atoms with Gasteiger partial charge in [0.15, 0.2) is 0 Å². The summed E-state index contributed by atoms with van der Waals surface area (Å²) >= 11 is -4.08. The van der Waals surface area contributed by atoms with Gasteiger partial charge in [0.25, 0.3) is 0 Å². The van der Waals surface area contributed by atoms with Crippen molar-refractivity contribution in [2.24, 2.45) is 0 Å². The van der Waals surface area contributed by atoms with Crippen molar-refractivity contribution < 1.29 is 16.7 Å². The van der Waals surface area contributed by atoms with Gasteiger partial charge < -0.3 is 0 Å². The number of halogens is 1.